The minimum absolute atomic E-state index is 0.0410. The van der Waals surface area contributed by atoms with Crippen LogP contribution in [0.5, 0.6) is 11.5 Å². The number of fused-ring (bicyclic) bond motifs is 1. The third kappa shape index (κ3) is 3.82. The van der Waals surface area contributed by atoms with Crippen LogP contribution >= 0.6 is 0 Å². The molecule has 0 spiro atoms. The molecule has 0 saturated carbocycles. The number of nitrogens with one attached hydrogen (secondary N) is 1. The third-order valence-corrected chi connectivity index (χ3v) is 5.02. The van der Waals surface area contributed by atoms with Crippen molar-refractivity contribution in [3.63, 3.8) is 0 Å². The molecule has 6 heteroatoms. The Morgan fingerprint density at radius 1 is 1.14 bits per heavy atom. The van der Waals surface area contributed by atoms with E-state index in [-0.39, 0.29) is 11.9 Å². The summed E-state index contributed by atoms with van der Waals surface area (Å²) in [7, 11) is 9.21. The first-order valence-corrected chi connectivity index (χ1v) is 9.17. The van der Waals surface area contributed by atoms with Crippen LogP contribution in [-0.2, 0) is 7.05 Å². The monoisotopic (exact) mass is 381 g/mol. The van der Waals surface area contributed by atoms with Gasteiger partial charge in [0.15, 0.2) is 0 Å². The van der Waals surface area contributed by atoms with E-state index in [1.165, 1.54) is 16.5 Å². The Hall–Kier alpha value is -2.99. The number of ether oxygens (including phenoxy) is 2. The van der Waals surface area contributed by atoms with Crippen molar-refractivity contribution in [3.8, 4) is 11.5 Å². The zero-order valence-corrected chi connectivity index (χ0v) is 17.0. The molecule has 1 unspecified atom stereocenters. The summed E-state index contributed by atoms with van der Waals surface area (Å²) in [6.07, 6.45) is 2.13. The zero-order valence-electron chi connectivity index (χ0n) is 17.0. The number of benzene rings is 2. The number of carbonyl (C=O) groups is 1. The second kappa shape index (κ2) is 8.35. The number of aromatic nitrogens is 1. The molecule has 0 aliphatic carbocycles. The molecule has 0 radical (unpaired) electrons. The van der Waals surface area contributed by atoms with Crippen LogP contribution in [0, 0.1) is 0 Å². The topological polar surface area (TPSA) is 55.7 Å². The van der Waals surface area contributed by atoms with Crippen molar-refractivity contribution < 1.29 is 14.3 Å². The first-order chi connectivity index (χ1) is 13.5. The average Bonchev–Trinajstić information content (AvgIpc) is 3.04. The molecule has 1 aromatic heterocycles. The van der Waals surface area contributed by atoms with Crippen LogP contribution in [0.1, 0.15) is 22.0 Å². The number of likely N-dealkylation sites (N-methyl/N-ethyl adjacent to an activating group) is 1. The van der Waals surface area contributed by atoms with Crippen molar-refractivity contribution in [2.75, 3.05) is 34.9 Å². The molecule has 1 atom stereocenters. The zero-order chi connectivity index (χ0) is 20.3. The highest BCUT2D eigenvalue weighted by molar-refractivity contribution is 5.97. The first kappa shape index (κ1) is 19.8. The molecule has 0 saturated heterocycles. The largest absolute Gasteiger partial charge is 0.497 e. The van der Waals surface area contributed by atoms with Crippen LogP contribution in [0.4, 0.5) is 0 Å². The second-order valence-corrected chi connectivity index (χ2v) is 6.97. The van der Waals surface area contributed by atoms with E-state index in [1.807, 2.05) is 33.3 Å². The Kier molecular flexibility index (Phi) is 5.90. The maximum absolute atomic E-state index is 12.8. The van der Waals surface area contributed by atoms with E-state index in [4.69, 9.17) is 9.47 Å². The fourth-order valence-corrected chi connectivity index (χ4v) is 3.48. The number of para-hydroxylation sites is 1. The van der Waals surface area contributed by atoms with Gasteiger partial charge in [0.1, 0.15) is 11.5 Å². The summed E-state index contributed by atoms with van der Waals surface area (Å²) in [6, 6.07) is 13.5. The van der Waals surface area contributed by atoms with Gasteiger partial charge in [-0.25, -0.2) is 0 Å². The van der Waals surface area contributed by atoms with Crippen LogP contribution < -0.4 is 14.8 Å². The first-order valence-electron chi connectivity index (χ1n) is 9.17. The van der Waals surface area contributed by atoms with E-state index in [1.54, 1.807) is 32.4 Å². The van der Waals surface area contributed by atoms with Crippen LogP contribution in [0.3, 0.4) is 0 Å². The van der Waals surface area contributed by atoms with Gasteiger partial charge in [-0.1, -0.05) is 18.2 Å². The van der Waals surface area contributed by atoms with Crippen molar-refractivity contribution in [3.05, 3.63) is 59.8 Å². The van der Waals surface area contributed by atoms with Gasteiger partial charge < -0.3 is 24.3 Å². The molecule has 148 valence electrons. The molecule has 3 rings (SSSR count). The number of hydrogen-bond donors (Lipinski definition) is 1. The van der Waals surface area contributed by atoms with Gasteiger partial charge >= 0.3 is 0 Å². The molecule has 1 heterocycles. The minimum Gasteiger partial charge on any atom is -0.497 e. The summed E-state index contributed by atoms with van der Waals surface area (Å²) in [5.74, 6) is 0.963. The number of methoxy groups -OCH3 is 2. The molecule has 28 heavy (non-hydrogen) atoms. The second-order valence-electron chi connectivity index (χ2n) is 6.97. The van der Waals surface area contributed by atoms with Gasteiger partial charge in [-0.2, -0.15) is 0 Å². The maximum atomic E-state index is 12.8. The summed E-state index contributed by atoms with van der Waals surface area (Å²) in [5, 5.41) is 4.25. The Balaban J connectivity index is 1.83. The van der Waals surface area contributed by atoms with Crippen molar-refractivity contribution in [1.29, 1.82) is 0 Å². The predicted molar refractivity (Wildman–Crippen MR) is 111 cm³/mol. The number of carbonyl (C=O) groups excluding carboxylic acids is 1. The highest BCUT2D eigenvalue weighted by atomic mass is 16.5. The Bertz CT molecular complexity index is 978. The highest BCUT2D eigenvalue weighted by Gasteiger charge is 2.21. The minimum atomic E-state index is -0.174. The number of aryl methyl sites for hydroxylation is 1. The maximum Gasteiger partial charge on any atom is 0.255 e. The lowest BCUT2D eigenvalue weighted by atomic mass is 10.0. The quantitative estimate of drug-likeness (QED) is 0.683. The number of hydrogen-bond acceptors (Lipinski definition) is 4. The summed E-state index contributed by atoms with van der Waals surface area (Å²) in [4.78, 5) is 14.9. The molecular weight excluding hydrogens is 354 g/mol. The van der Waals surface area contributed by atoms with Crippen LogP contribution in [0.2, 0.25) is 0 Å². The lowest BCUT2D eigenvalue weighted by molar-refractivity contribution is 0.0939. The molecule has 0 fully saturated rings. The summed E-state index contributed by atoms with van der Waals surface area (Å²) >= 11 is 0. The van der Waals surface area contributed by atoms with Crippen molar-refractivity contribution in [1.82, 2.24) is 14.8 Å². The smallest absolute Gasteiger partial charge is 0.255 e. The van der Waals surface area contributed by atoms with Gasteiger partial charge in [-0.3, -0.25) is 4.79 Å². The van der Waals surface area contributed by atoms with Gasteiger partial charge in [-0.05, 0) is 37.9 Å². The molecule has 2 aromatic carbocycles. The molecule has 0 bridgehead atoms. The molecule has 0 aliphatic rings. The predicted octanol–water partition coefficient (Wildman–Crippen LogP) is 3.23. The van der Waals surface area contributed by atoms with Gasteiger partial charge in [0.05, 0.1) is 25.8 Å². The lowest BCUT2D eigenvalue weighted by Gasteiger charge is -2.24. The van der Waals surface area contributed by atoms with Gasteiger partial charge in [0.2, 0.25) is 0 Å². The Morgan fingerprint density at radius 2 is 1.89 bits per heavy atom. The SMILES string of the molecule is COc1ccc(C(=O)NCC(c2cn(C)c3ccccc23)N(C)C)c(OC)c1. The van der Waals surface area contributed by atoms with Crippen molar-refractivity contribution >= 4 is 16.8 Å². The van der Waals surface area contributed by atoms with E-state index in [0.717, 1.165) is 0 Å². The van der Waals surface area contributed by atoms with Crippen LogP contribution in [0.25, 0.3) is 10.9 Å². The fourth-order valence-electron chi connectivity index (χ4n) is 3.48. The van der Waals surface area contributed by atoms with Crippen molar-refractivity contribution in [2.45, 2.75) is 6.04 Å². The Morgan fingerprint density at radius 3 is 2.57 bits per heavy atom. The van der Waals surface area contributed by atoms with Gasteiger partial charge in [0.25, 0.3) is 5.91 Å². The van der Waals surface area contributed by atoms with E-state index >= 15 is 0 Å². The van der Waals surface area contributed by atoms with Crippen molar-refractivity contribution in [2.24, 2.45) is 7.05 Å². The fraction of sp³-hybridized carbons (Fsp3) is 0.318. The molecule has 6 nitrogen and oxygen atoms in total. The number of rotatable bonds is 7. The third-order valence-electron chi connectivity index (χ3n) is 5.02. The summed E-state index contributed by atoms with van der Waals surface area (Å²) in [6.45, 7) is 0.481. The van der Waals surface area contributed by atoms with E-state index in [9.17, 15) is 4.79 Å². The highest BCUT2D eigenvalue weighted by Crippen LogP contribution is 2.29. The van der Waals surface area contributed by atoms with Gasteiger partial charge in [0, 0.05) is 36.8 Å². The average molecular weight is 381 g/mol. The van der Waals surface area contributed by atoms with E-state index in [0.29, 0.717) is 23.6 Å². The molecular formula is C22H27N3O3. The number of nitrogens with zero attached hydrogens (tertiary/aromatic N) is 2. The van der Waals surface area contributed by atoms with Crippen LogP contribution in [0.15, 0.2) is 48.7 Å². The summed E-state index contributed by atoms with van der Waals surface area (Å²) in [5.41, 5.74) is 2.84. The molecule has 3 aromatic rings. The van der Waals surface area contributed by atoms with E-state index < -0.39 is 0 Å². The summed E-state index contributed by atoms with van der Waals surface area (Å²) < 4.78 is 12.7. The molecule has 1 amide bonds. The molecule has 1 N–H and O–H groups in total. The van der Waals surface area contributed by atoms with E-state index in [2.05, 4.69) is 33.1 Å². The normalized spacial score (nSPS) is 12.2. The van der Waals surface area contributed by atoms with Crippen LogP contribution in [-0.4, -0.2) is 50.2 Å². The Labute approximate surface area is 165 Å². The molecule has 0 aliphatic heterocycles. The number of amides is 1. The lowest BCUT2D eigenvalue weighted by Crippen LogP contribution is -2.34. The standard InChI is InChI=1S/C22H27N3O3/c1-24(2)20(18-14-25(3)19-9-7-6-8-16(18)19)13-23-22(26)17-11-10-15(27-4)12-21(17)28-5/h6-12,14,20H,13H2,1-5H3,(H,23,26). The van der Waals surface area contributed by atoms with Gasteiger partial charge in [-0.15, -0.1) is 0 Å².